The Kier molecular flexibility index (Phi) is 3.37. The van der Waals surface area contributed by atoms with Crippen LogP contribution in [0.5, 0.6) is 0 Å². The number of hydrogen-bond donors (Lipinski definition) is 0. The maximum atomic E-state index is 5.37. The monoisotopic (exact) mass is 304 g/mol. The van der Waals surface area contributed by atoms with Crippen LogP contribution in [0.4, 0.5) is 0 Å². The van der Waals surface area contributed by atoms with E-state index >= 15 is 0 Å². The lowest BCUT2D eigenvalue weighted by molar-refractivity contribution is 0.341. The van der Waals surface area contributed by atoms with Crippen LogP contribution in [0.25, 0.3) is 22.2 Å². The molecule has 0 aliphatic heterocycles. The molecule has 0 radical (unpaired) electrons. The summed E-state index contributed by atoms with van der Waals surface area (Å²) in [5, 5.41) is 7.00. The van der Waals surface area contributed by atoms with Crippen LogP contribution in [-0.4, -0.2) is 10.1 Å². The third-order valence-corrected chi connectivity index (χ3v) is 4.30. The minimum atomic E-state index is 0.551. The lowest BCUT2D eigenvalue weighted by atomic mass is 10.1. The number of hydrogen-bond acceptors (Lipinski definition) is 4. The van der Waals surface area contributed by atoms with E-state index in [-0.39, 0.29) is 0 Å². The van der Waals surface area contributed by atoms with E-state index in [2.05, 4.69) is 34.4 Å². The van der Waals surface area contributed by atoms with Crippen LogP contribution in [0, 0.1) is 0 Å². The third kappa shape index (κ3) is 2.49. The highest BCUT2D eigenvalue weighted by Gasteiger charge is 2.11. The molecule has 4 heteroatoms. The molecule has 0 bridgehead atoms. The molecule has 106 valence electrons. The van der Waals surface area contributed by atoms with Crippen molar-refractivity contribution >= 4 is 22.5 Å². The summed E-state index contributed by atoms with van der Waals surface area (Å²) in [6.07, 6.45) is 0. The second-order valence-electron chi connectivity index (χ2n) is 4.83. The minimum Gasteiger partial charge on any atom is -0.327 e. The molecule has 1 aromatic heterocycles. The van der Waals surface area contributed by atoms with E-state index in [0.717, 1.165) is 10.5 Å². The SMILES string of the molecule is c1ccc(-c2noc(Sc3cccc4ccccc34)n2)cc1. The average Bonchev–Trinajstić information content (AvgIpc) is 3.05. The molecule has 1 heterocycles. The summed E-state index contributed by atoms with van der Waals surface area (Å²) in [6, 6.07) is 24.3. The Hall–Kier alpha value is -2.59. The molecule has 0 atom stereocenters. The van der Waals surface area contributed by atoms with Gasteiger partial charge < -0.3 is 4.52 Å². The van der Waals surface area contributed by atoms with Gasteiger partial charge in [-0.2, -0.15) is 4.98 Å². The van der Waals surface area contributed by atoms with Crippen molar-refractivity contribution < 1.29 is 4.52 Å². The molecule has 0 saturated carbocycles. The van der Waals surface area contributed by atoms with Crippen molar-refractivity contribution in [2.24, 2.45) is 0 Å². The van der Waals surface area contributed by atoms with Crippen LogP contribution in [0.3, 0.4) is 0 Å². The summed E-state index contributed by atoms with van der Waals surface area (Å²) in [4.78, 5) is 5.58. The Morgan fingerprint density at radius 2 is 1.55 bits per heavy atom. The summed E-state index contributed by atoms with van der Waals surface area (Å²) in [7, 11) is 0. The van der Waals surface area contributed by atoms with E-state index in [4.69, 9.17) is 4.52 Å². The van der Waals surface area contributed by atoms with Gasteiger partial charge in [0, 0.05) is 10.5 Å². The second kappa shape index (κ2) is 5.66. The number of benzene rings is 3. The molecule has 0 aliphatic rings. The van der Waals surface area contributed by atoms with E-state index in [0.29, 0.717) is 11.0 Å². The molecule has 4 aromatic rings. The molecule has 0 amide bonds. The summed E-state index contributed by atoms with van der Waals surface area (Å²) in [5.41, 5.74) is 0.955. The fraction of sp³-hybridized carbons (Fsp3) is 0. The standard InChI is InChI=1S/C18H12N2OS/c1-2-8-14(9-3-1)17-19-18(21-20-17)22-16-12-6-10-13-7-4-5-11-15(13)16/h1-12H. The highest BCUT2D eigenvalue weighted by Crippen LogP contribution is 2.33. The number of rotatable bonds is 3. The summed E-state index contributed by atoms with van der Waals surface area (Å²) in [5.74, 6) is 0.614. The average molecular weight is 304 g/mol. The third-order valence-electron chi connectivity index (χ3n) is 3.39. The fourth-order valence-corrected chi connectivity index (χ4v) is 3.17. The van der Waals surface area contributed by atoms with Gasteiger partial charge >= 0.3 is 0 Å². The van der Waals surface area contributed by atoms with Gasteiger partial charge in [-0.25, -0.2) is 0 Å². The molecule has 0 aliphatic carbocycles. The minimum absolute atomic E-state index is 0.551. The first-order chi connectivity index (χ1) is 10.9. The zero-order chi connectivity index (χ0) is 14.8. The van der Waals surface area contributed by atoms with Crippen molar-refractivity contribution in [1.82, 2.24) is 10.1 Å². The molecular weight excluding hydrogens is 292 g/mol. The quantitative estimate of drug-likeness (QED) is 0.531. The predicted molar refractivity (Wildman–Crippen MR) is 87.8 cm³/mol. The molecular formula is C18H12N2OS. The van der Waals surface area contributed by atoms with Gasteiger partial charge in [-0.05, 0) is 28.6 Å². The van der Waals surface area contributed by atoms with Gasteiger partial charge in [-0.1, -0.05) is 71.9 Å². The van der Waals surface area contributed by atoms with Gasteiger partial charge in [-0.3, -0.25) is 0 Å². The largest absolute Gasteiger partial charge is 0.327 e. The number of aromatic nitrogens is 2. The molecule has 0 saturated heterocycles. The Labute approximate surface area is 132 Å². The molecule has 0 unspecified atom stereocenters. The second-order valence-corrected chi connectivity index (χ2v) is 5.82. The molecule has 4 rings (SSSR count). The Morgan fingerprint density at radius 1 is 0.773 bits per heavy atom. The molecule has 22 heavy (non-hydrogen) atoms. The maximum Gasteiger partial charge on any atom is 0.290 e. The van der Waals surface area contributed by atoms with Crippen molar-refractivity contribution in [3.63, 3.8) is 0 Å². The number of nitrogens with zero attached hydrogens (tertiary/aromatic N) is 2. The van der Waals surface area contributed by atoms with Crippen molar-refractivity contribution in [3.8, 4) is 11.4 Å². The number of fused-ring (bicyclic) bond motifs is 1. The summed E-state index contributed by atoms with van der Waals surface area (Å²) >= 11 is 1.49. The van der Waals surface area contributed by atoms with Crippen LogP contribution in [0.1, 0.15) is 0 Å². The van der Waals surface area contributed by atoms with Crippen LogP contribution < -0.4 is 0 Å². The first kappa shape index (κ1) is 13.1. The van der Waals surface area contributed by atoms with Crippen LogP contribution in [0.15, 0.2) is 87.4 Å². The maximum absolute atomic E-state index is 5.37. The normalized spacial score (nSPS) is 10.9. The van der Waals surface area contributed by atoms with Crippen LogP contribution in [-0.2, 0) is 0 Å². The highest BCUT2D eigenvalue weighted by atomic mass is 32.2. The van der Waals surface area contributed by atoms with Gasteiger partial charge in [0.25, 0.3) is 5.22 Å². The predicted octanol–water partition coefficient (Wildman–Crippen LogP) is 5.04. The highest BCUT2D eigenvalue weighted by molar-refractivity contribution is 7.99. The van der Waals surface area contributed by atoms with Gasteiger partial charge in [-0.15, -0.1) is 0 Å². The Bertz CT molecular complexity index is 913. The molecule has 3 nitrogen and oxygen atoms in total. The van der Waals surface area contributed by atoms with Crippen LogP contribution in [0.2, 0.25) is 0 Å². The summed E-state index contributed by atoms with van der Waals surface area (Å²) < 4.78 is 5.37. The van der Waals surface area contributed by atoms with E-state index in [1.807, 2.05) is 48.5 Å². The first-order valence-electron chi connectivity index (χ1n) is 6.95. The van der Waals surface area contributed by atoms with E-state index in [1.165, 1.54) is 22.5 Å². The lowest BCUT2D eigenvalue weighted by Gasteiger charge is -2.02. The molecule has 0 spiro atoms. The topological polar surface area (TPSA) is 38.9 Å². The van der Waals surface area contributed by atoms with E-state index < -0.39 is 0 Å². The molecule has 3 aromatic carbocycles. The summed E-state index contributed by atoms with van der Waals surface area (Å²) in [6.45, 7) is 0. The van der Waals surface area contributed by atoms with Gasteiger partial charge in [0.2, 0.25) is 5.82 Å². The van der Waals surface area contributed by atoms with Gasteiger partial charge in [0.1, 0.15) is 0 Å². The smallest absolute Gasteiger partial charge is 0.290 e. The Morgan fingerprint density at radius 3 is 2.45 bits per heavy atom. The zero-order valence-electron chi connectivity index (χ0n) is 11.6. The van der Waals surface area contributed by atoms with Crippen molar-refractivity contribution in [1.29, 1.82) is 0 Å². The van der Waals surface area contributed by atoms with Crippen molar-refractivity contribution in [3.05, 3.63) is 72.8 Å². The van der Waals surface area contributed by atoms with Crippen molar-refractivity contribution in [2.45, 2.75) is 10.1 Å². The Balaban J connectivity index is 1.68. The first-order valence-corrected chi connectivity index (χ1v) is 7.76. The lowest BCUT2D eigenvalue weighted by Crippen LogP contribution is -1.80. The fourth-order valence-electron chi connectivity index (χ4n) is 2.33. The zero-order valence-corrected chi connectivity index (χ0v) is 12.5. The van der Waals surface area contributed by atoms with Crippen molar-refractivity contribution in [2.75, 3.05) is 0 Å². The molecule has 0 fully saturated rings. The van der Waals surface area contributed by atoms with Gasteiger partial charge in [0.05, 0.1) is 0 Å². The van der Waals surface area contributed by atoms with Crippen LogP contribution >= 0.6 is 11.8 Å². The van der Waals surface area contributed by atoms with Gasteiger partial charge in [0.15, 0.2) is 0 Å². The molecule has 0 N–H and O–H groups in total. The van der Waals surface area contributed by atoms with E-state index in [9.17, 15) is 0 Å². The van der Waals surface area contributed by atoms with E-state index in [1.54, 1.807) is 0 Å².